The highest BCUT2D eigenvalue weighted by Gasteiger charge is 2.77. The molecule has 0 aromatic carbocycles. The number of aromatic nitrogens is 2. The van der Waals surface area contributed by atoms with Crippen LogP contribution in [0.1, 0.15) is 43.0 Å². The van der Waals surface area contributed by atoms with E-state index in [9.17, 15) is 14.7 Å². The third-order valence-corrected chi connectivity index (χ3v) is 7.61. The minimum Gasteiger partial charge on any atom is -0.493 e. The maximum absolute atomic E-state index is 12.6. The maximum atomic E-state index is 12.6. The Labute approximate surface area is 151 Å². The van der Waals surface area contributed by atoms with Crippen LogP contribution in [0.25, 0.3) is 6.20 Å². The highest BCUT2D eigenvalue weighted by atomic mass is 16.4. The smallest absolute Gasteiger partial charge is 0.310 e. The van der Waals surface area contributed by atoms with E-state index in [1.807, 2.05) is 0 Å². The summed E-state index contributed by atoms with van der Waals surface area (Å²) in [6.07, 6.45) is 9.33. The van der Waals surface area contributed by atoms with E-state index < -0.39 is 11.9 Å². The number of aliphatic carboxylic acids is 1. The number of aromatic hydroxyl groups is 1. The molecule has 1 aromatic rings. The van der Waals surface area contributed by atoms with Crippen molar-refractivity contribution >= 4 is 18.1 Å². The Bertz CT molecular complexity index is 831. The van der Waals surface area contributed by atoms with Crippen molar-refractivity contribution in [1.29, 1.82) is 0 Å². The van der Waals surface area contributed by atoms with Crippen LogP contribution >= 0.6 is 0 Å². The highest BCUT2D eigenvalue weighted by molar-refractivity contribution is 5.96. The van der Waals surface area contributed by atoms with Crippen molar-refractivity contribution in [3.8, 4) is 5.88 Å². The van der Waals surface area contributed by atoms with Crippen LogP contribution in [-0.4, -0.2) is 37.9 Å². The van der Waals surface area contributed by atoms with Crippen LogP contribution in [0.3, 0.4) is 0 Å². The third-order valence-electron chi connectivity index (χ3n) is 7.61. The van der Waals surface area contributed by atoms with Gasteiger partial charge in [0.1, 0.15) is 5.56 Å². The molecule has 1 heterocycles. The molecule has 7 atom stereocenters. The standard InChI is InChI=1S/C19H23N3O4/c1-9(18(25)26)2-3-22-17(24)12(8-20-22)16(23)21-15-13-5-10-4-11-6-14(15)19(11,13)7-10/h2-3,8-11,13-15,24H,4-7H2,1H3,(H,21,23)(H,25,26)/b3-2+. The topological polar surface area (TPSA) is 104 Å². The summed E-state index contributed by atoms with van der Waals surface area (Å²) in [7, 11) is 0. The summed E-state index contributed by atoms with van der Waals surface area (Å²) in [6, 6.07) is 0.231. The molecule has 7 unspecified atom stereocenters. The number of carboxylic acids is 1. The molecule has 0 aliphatic heterocycles. The molecule has 0 radical (unpaired) electrons. The quantitative estimate of drug-likeness (QED) is 0.747. The number of hydrogen-bond donors (Lipinski definition) is 3. The number of amides is 1. The van der Waals surface area contributed by atoms with Gasteiger partial charge in [-0.05, 0) is 61.7 Å². The van der Waals surface area contributed by atoms with E-state index in [1.54, 1.807) is 0 Å². The zero-order chi connectivity index (χ0) is 18.2. The van der Waals surface area contributed by atoms with Gasteiger partial charge in [-0.3, -0.25) is 9.59 Å². The molecule has 26 heavy (non-hydrogen) atoms. The summed E-state index contributed by atoms with van der Waals surface area (Å²) >= 11 is 0. The molecule has 1 spiro atoms. The Hall–Kier alpha value is -2.31. The van der Waals surface area contributed by atoms with Crippen LogP contribution in [-0.2, 0) is 4.79 Å². The molecule has 1 aromatic heterocycles. The molecule has 0 saturated heterocycles. The Morgan fingerprint density at radius 1 is 1.38 bits per heavy atom. The molecular formula is C19H23N3O4. The van der Waals surface area contributed by atoms with Crippen molar-refractivity contribution in [3.63, 3.8) is 0 Å². The van der Waals surface area contributed by atoms with Gasteiger partial charge in [0.2, 0.25) is 5.88 Å². The second-order valence-corrected chi connectivity index (χ2v) is 8.59. The lowest BCUT2D eigenvalue weighted by Crippen LogP contribution is -2.73. The highest BCUT2D eigenvalue weighted by Crippen LogP contribution is 2.81. The molecule has 4 aliphatic carbocycles. The molecule has 1 amide bonds. The fourth-order valence-corrected chi connectivity index (χ4v) is 6.47. The molecule has 3 N–H and O–H groups in total. The molecule has 7 heteroatoms. The van der Waals surface area contributed by atoms with Crippen LogP contribution in [0.2, 0.25) is 0 Å². The van der Waals surface area contributed by atoms with Gasteiger partial charge in [0.15, 0.2) is 0 Å². The van der Waals surface area contributed by atoms with Crippen molar-refractivity contribution in [2.45, 2.75) is 38.6 Å². The third kappa shape index (κ3) is 1.86. The van der Waals surface area contributed by atoms with Gasteiger partial charge in [-0.2, -0.15) is 5.10 Å². The minimum atomic E-state index is -0.963. The largest absolute Gasteiger partial charge is 0.493 e. The van der Waals surface area contributed by atoms with Crippen LogP contribution < -0.4 is 5.32 Å². The second kappa shape index (κ2) is 5.11. The molecule has 138 valence electrons. The number of carbonyl (C=O) groups excluding carboxylic acids is 1. The van der Waals surface area contributed by atoms with E-state index in [2.05, 4.69) is 10.4 Å². The van der Waals surface area contributed by atoms with E-state index in [1.165, 1.54) is 51.1 Å². The number of hydrogen-bond acceptors (Lipinski definition) is 4. The summed E-state index contributed by atoms with van der Waals surface area (Å²) in [4.78, 5) is 23.5. The van der Waals surface area contributed by atoms with Crippen molar-refractivity contribution in [2.24, 2.45) is 35.0 Å². The first kappa shape index (κ1) is 15.9. The van der Waals surface area contributed by atoms with Gasteiger partial charge in [-0.1, -0.05) is 6.08 Å². The molecule has 4 aliphatic rings. The number of carbonyl (C=O) groups is 2. The number of rotatable bonds is 5. The summed E-state index contributed by atoms with van der Waals surface area (Å²) in [5.41, 5.74) is 0.669. The second-order valence-electron chi connectivity index (χ2n) is 8.59. The van der Waals surface area contributed by atoms with E-state index in [0.29, 0.717) is 17.3 Å². The van der Waals surface area contributed by atoms with Crippen molar-refractivity contribution < 1.29 is 19.8 Å². The summed E-state index contributed by atoms with van der Waals surface area (Å²) in [5, 5.41) is 26.3. The lowest BCUT2D eigenvalue weighted by Gasteiger charge is -2.70. The first-order chi connectivity index (χ1) is 12.4. The van der Waals surface area contributed by atoms with Gasteiger partial charge < -0.3 is 15.5 Å². The van der Waals surface area contributed by atoms with Crippen molar-refractivity contribution in [1.82, 2.24) is 15.1 Å². The molecule has 7 nitrogen and oxygen atoms in total. The average Bonchev–Trinajstić information content (AvgIpc) is 3.23. The van der Waals surface area contributed by atoms with E-state index in [0.717, 1.165) is 16.5 Å². The Balaban J connectivity index is 1.28. The molecule has 5 rings (SSSR count). The Kier molecular flexibility index (Phi) is 3.13. The fraction of sp³-hybridized carbons (Fsp3) is 0.632. The molecular weight excluding hydrogens is 334 g/mol. The van der Waals surface area contributed by atoms with E-state index >= 15 is 0 Å². The van der Waals surface area contributed by atoms with Gasteiger partial charge in [0.25, 0.3) is 5.91 Å². The zero-order valence-electron chi connectivity index (χ0n) is 14.6. The average molecular weight is 357 g/mol. The lowest BCUT2D eigenvalue weighted by atomic mass is 9.36. The predicted octanol–water partition coefficient (Wildman–Crippen LogP) is 1.94. The summed E-state index contributed by atoms with van der Waals surface area (Å²) in [6.45, 7) is 1.53. The van der Waals surface area contributed by atoms with Crippen LogP contribution in [0.5, 0.6) is 5.88 Å². The van der Waals surface area contributed by atoms with Gasteiger partial charge in [-0.15, -0.1) is 0 Å². The number of fused-ring (bicyclic) bond motifs is 1. The summed E-state index contributed by atoms with van der Waals surface area (Å²) in [5.74, 6) is 0.756. The Morgan fingerprint density at radius 3 is 2.88 bits per heavy atom. The molecule has 4 saturated carbocycles. The van der Waals surface area contributed by atoms with Crippen LogP contribution in [0, 0.1) is 35.0 Å². The summed E-state index contributed by atoms with van der Waals surface area (Å²) < 4.78 is 1.13. The number of carboxylic acid groups (broad SMARTS) is 1. The van der Waals surface area contributed by atoms with E-state index in [-0.39, 0.29) is 23.4 Å². The first-order valence-corrected chi connectivity index (χ1v) is 9.40. The van der Waals surface area contributed by atoms with Crippen LogP contribution in [0.15, 0.2) is 12.3 Å². The number of nitrogens with zero attached hydrogens (tertiary/aromatic N) is 2. The van der Waals surface area contributed by atoms with E-state index in [4.69, 9.17) is 5.11 Å². The first-order valence-electron chi connectivity index (χ1n) is 9.40. The Morgan fingerprint density at radius 2 is 2.15 bits per heavy atom. The van der Waals surface area contributed by atoms with Gasteiger partial charge in [0, 0.05) is 12.2 Å². The minimum absolute atomic E-state index is 0.137. The van der Waals surface area contributed by atoms with Gasteiger partial charge in [-0.25, -0.2) is 4.68 Å². The molecule has 2 bridgehead atoms. The monoisotopic (exact) mass is 357 g/mol. The van der Waals surface area contributed by atoms with Crippen molar-refractivity contribution in [2.75, 3.05) is 0 Å². The normalized spacial score (nSPS) is 40.0. The predicted molar refractivity (Wildman–Crippen MR) is 92.1 cm³/mol. The number of nitrogens with one attached hydrogen (secondary N) is 1. The van der Waals surface area contributed by atoms with Gasteiger partial charge in [0.05, 0.1) is 12.1 Å². The SMILES string of the molecule is CC(/C=C/n1ncc(C(=O)NC2C3CC4CC5CC2C53C4)c1O)C(=O)O. The lowest BCUT2D eigenvalue weighted by molar-refractivity contribution is -0.199. The maximum Gasteiger partial charge on any atom is 0.310 e. The van der Waals surface area contributed by atoms with Crippen molar-refractivity contribution in [3.05, 3.63) is 17.8 Å². The fourth-order valence-electron chi connectivity index (χ4n) is 6.47. The van der Waals surface area contributed by atoms with Gasteiger partial charge >= 0.3 is 5.97 Å². The van der Waals surface area contributed by atoms with Crippen LogP contribution in [0.4, 0.5) is 0 Å². The zero-order valence-corrected chi connectivity index (χ0v) is 14.6. The molecule has 4 fully saturated rings.